The number of anilines is 1. The van der Waals surface area contributed by atoms with Crippen molar-refractivity contribution < 1.29 is 13.6 Å². The normalized spacial score (nSPS) is 10.6. The average Bonchev–Trinajstić information content (AvgIpc) is 2.41. The molecule has 0 radical (unpaired) electrons. The molecule has 0 spiro atoms. The van der Waals surface area contributed by atoms with Crippen molar-refractivity contribution in [2.24, 2.45) is 0 Å². The molecule has 0 aliphatic carbocycles. The van der Waals surface area contributed by atoms with E-state index < -0.39 is 11.7 Å². The lowest BCUT2D eigenvalue weighted by molar-refractivity contribution is 0.102. The number of aromatic nitrogens is 2. The lowest BCUT2D eigenvalue weighted by Crippen LogP contribution is -2.14. The predicted octanol–water partition coefficient (Wildman–Crippen LogP) is 3.70. The zero-order valence-corrected chi connectivity index (χ0v) is 11.5. The molecule has 1 aromatic carbocycles. The highest BCUT2D eigenvalue weighted by Gasteiger charge is 2.13. The van der Waals surface area contributed by atoms with Crippen LogP contribution in [0.3, 0.4) is 0 Å². The maximum absolute atomic E-state index is 12.4. The predicted molar refractivity (Wildman–Crippen MR) is 73.3 cm³/mol. The Hall–Kier alpha value is -1.73. The van der Waals surface area contributed by atoms with Crippen molar-refractivity contribution in [2.75, 3.05) is 5.32 Å². The van der Waals surface area contributed by atoms with Crippen molar-refractivity contribution in [1.29, 1.82) is 0 Å². The molecule has 8 heteroatoms. The number of rotatable bonds is 4. The van der Waals surface area contributed by atoms with E-state index in [9.17, 15) is 13.6 Å². The van der Waals surface area contributed by atoms with E-state index in [1.807, 2.05) is 0 Å². The number of nitrogens with zero attached hydrogens (tertiary/aromatic N) is 2. The van der Waals surface area contributed by atoms with Crippen LogP contribution < -0.4 is 5.32 Å². The highest BCUT2D eigenvalue weighted by molar-refractivity contribution is 7.99. The molecule has 1 aromatic heterocycles. The van der Waals surface area contributed by atoms with Crippen LogP contribution in [0.5, 0.6) is 0 Å². The van der Waals surface area contributed by atoms with Crippen molar-refractivity contribution in [1.82, 2.24) is 9.97 Å². The molecule has 0 fully saturated rings. The minimum absolute atomic E-state index is 0.0475. The third-order valence-corrected chi connectivity index (χ3v) is 3.19. The van der Waals surface area contributed by atoms with E-state index in [-0.39, 0.29) is 15.7 Å². The van der Waals surface area contributed by atoms with Gasteiger partial charge in [-0.25, -0.2) is 9.97 Å². The topological polar surface area (TPSA) is 54.9 Å². The van der Waals surface area contributed by atoms with Crippen molar-refractivity contribution in [3.8, 4) is 0 Å². The average molecular weight is 316 g/mol. The van der Waals surface area contributed by atoms with Crippen molar-refractivity contribution in [3.63, 3.8) is 0 Å². The van der Waals surface area contributed by atoms with Gasteiger partial charge >= 0.3 is 0 Å². The number of nitrogens with one attached hydrogen (secondary N) is 1. The van der Waals surface area contributed by atoms with Gasteiger partial charge in [0.2, 0.25) is 0 Å². The number of para-hydroxylation sites is 1. The van der Waals surface area contributed by atoms with Gasteiger partial charge in [-0.15, -0.1) is 0 Å². The van der Waals surface area contributed by atoms with E-state index in [0.29, 0.717) is 17.4 Å². The van der Waals surface area contributed by atoms with Crippen LogP contribution in [0.4, 0.5) is 14.5 Å². The van der Waals surface area contributed by atoms with Crippen LogP contribution in [0.15, 0.2) is 41.6 Å². The molecular weight excluding hydrogens is 308 g/mol. The first-order valence-corrected chi connectivity index (χ1v) is 6.65. The SMILES string of the molecule is O=C(Nc1ccccc1SC(F)F)c1cnc(Cl)cn1. The molecular formula is C12H8ClF2N3OS. The molecule has 0 saturated heterocycles. The molecule has 1 N–H and O–H groups in total. The number of amides is 1. The molecule has 2 aromatic rings. The van der Waals surface area contributed by atoms with Crippen LogP contribution in [0.2, 0.25) is 5.15 Å². The molecule has 0 unspecified atom stereocenters. The number of benzene rings is 1. The number of carbonyl (C=O) groups excluding carboxylic acids is 1. The first-order chi connectivity index (χ1) is 9.56. The summed E-state index contributed by atoms with van der Waals surface area (Å²) in [6.07, 6.45) is 2.44. The summed E-state index contributed by atoms with van der Waals surface area (Å²) in [4.78, 5) is 19.7. The van der Waals surface area contributed by atoms with Gasteiger partial charge in [-0.2, -0.15) is 8.78 Å². The molecule has 0 saturated carbocycles. The fourth-order valence-electron chi connectivity index (χ4n) is 1.38. The Bertz CT molecular complexity index is 610. The molecule has 0 atom stereocenters. The van der Waals surface area contributed by atoms with Gasteiger partial charge in [-0.3, -0.25) is 4.79 Å². The van der Waals surface area contributed by atoms with Gasteiger partial charge < -0.3 is 5.32 Å². The highest BCUT2D eigenvalue weighted by Crippen LogP contribution is 2.31. The number of carbonyl (C=O) groups is 1. The second kappa shape index (κ2) is 6.62. The van der Waals surface area contributed by atoms with Gasteiger partial charge in [-0.1, -0.05) is 35.5 Å². The van der Waals surface area contributed by atoms with E-state index in [2.05, 4.69) is 15.3 Å². The van der Waals surface area contributed by atoms with Crippen LogP contribution in [0.1, 0.15) is 10.5 Å². The summed E-state index contributed by atoms with van der Waals surface area (Å²) < 4.78 is 24.8. The van der Waals surface area contributed by atoms with Crippen LogP contribution in [-0.2, 0) is 0 Å². The Morgan fingerprint density at radius 2 is 2.00 bits per heavy atom. The standard InChI is InChI=1S/C12H8ClF2N3OS/c13-10-6-16-8(5-17-10)11(19)18-7-3-1-2-4-9(7)20-12(14)15/h1-6,12H,(H,18,19). The second-order valence-corrected chi connectivity index (χ2v) is 4.97. The summed E-state index contributed by atoms with van der Waals surface area (Å²) >= 11 is 5.93. The van der Waals surface area contributed by atoms with Crippen molar-refractivity contribution in [3.05, 3.63) is 47.5 Å². The first-order valence-electron chi connectivity index (χ1n) is 5.39. The Balaban J connectivity index is 2.17. The van der Waals surface area contributed by atoms with E-state index in [4.69, 9.17) is 11.6 Å². The highest BCUT2D eigenvalue weighted by atomic mass is 35.5. The molecule has 2 rings (SSSR count). The second-order valence-electron chi connectivity index (χ2n) is 3.55. The molecule has 104 valence electrons. The van der Waals surface area contributed by atoms with Gasteiger partial charge in [0, 0.05) is 4.90 Å². The van der Waals surface area contributed by atoms with Gasteiger partial charge in [0.15, 0.2) is 0 Å². The van der Waals surface area contributed by atoms with Crippen molar-refractivity contribution in [2.45, 2.75) is 10.7 Å². The maximum Gasteiger partial charge on any atom is 0.288 e. The Labute approximate surface area is 122 Å². The minimum atomic E-state index is -2.57. The summed E-state index contributed by atoms with van der Waals surface area (Å²) in [5.41, 5.74) is 0.339. The third-order valence-electron chi connectivity index (χ3n) is 2.20. The molecule has 0 aliphatic heterocycles. The first kappa shape index (κ1) is 14.7. The van der Waals surface area contributed by atoms with Gasteiger partial charge in [0.1, 0.15) is 10.8 Å². The fraction of sp³-hybridized carbons (Fsp3) is 0.0833. The number of hydrogen-bond donors (Lipinski definition) is 1. The molecule has 0 bridgehead atoms. The Morgan fingerprint density at radius 1 is 1.25 bits per heavy atom. The van der Waals surface area contributed by atoms with Crippen LogP contribution in [0.25, 0.3) is 0 Å². The summed E-state index contributed by atoms with van der Waals surface area (Å²) in [5.74, 6) is -3.11. The van der Waals surface area contributed by atoms with E-state index in [1.165, 1.54) is 24.5 Å². The number of alkyl halides is 2. The van der Waals surface area contributed by atoms with Crippen LogP contribution >= 0.6 is 23.4 Å². The van der Waals surface area contributed by atoms with E-state index >= 15 is 0 Å². The summed E-state index contributed by atoms with van der Waals surface area (Å²) in [6.45, 7) is 0. The minimum Gasteiger partial charge on any atom is -0.320 e. The third kappa shape index (κ3) is 3.88. The monoisotopic (exact) mass is 315 g/mol. The summed E-state index contributed by atoms with van der Waals surface area (Å²) in [7, 11) is 0. The van der Waals surface area contributed by atoms with Crippen LogP contribution in [0, 0.1) is 0 Å². The molecule has 0 aliphatic rings. The zero-order chi connectivity index (χ0) is 14.5. The number of halogens is 3. The Morgan fingerprint density at radius 3 is 2.65 bits per heavy atom. The van der Waals surface area contributed by atoms with Crippen LogP contribution in [-0.4, -0.2) is 21.6 Å². The summed E-state index contributed by atoms with van der Waals surface area (Å²) in [6, 6.07) is 6.28. The Kier molecular flexibility index (Phi) is 4.86. The van der Waals surface area contributed by atoms with Gasteiger partial charge in [-0.05, 0) is 12.1 Å². The number of thioether (sulfide) groups is 1. The molecule has 1 amide bonds. The molecule has 20 heavy (non-hydrogen) atoms. The lowest BCUT2D eigenvalue weighted by atomic mass is 10.3. The number of hydrogen-bond acceptors (Lipinski definition) is 4. The summed E-state index contributed by atoms with van der Waals surface area (Å²) in [5, 5.41) is 2.68. The molecule has 4 nitrogen and oxygen atoms in total. The quantitative estimate of drug-likeness (QED) is 0.874. The smallest absolute Gasteiger partial charge is 0.288 e. The lowest BCUT2D eigenvalue weighted by Gasteiger charge is -2.09. The van der Waals surface area contributed by atoms with Gasteiger partial charge in [0.25, 0.3) is 11.7 Å². The maximum atomic E-state index is 12.4. The van der Waals surface area contributed by atoms with Crippen molar-refractivity contribution >= 4 is 35.0 Å². The fourth-order valence-corrected chi connectivity index (χ4v) is 2.08. The van der Waals surface area contributed by atoms with Gasteiger partial charge in [0.05, 0.1) is 18.1 Å². The van der Waals surface area contributed by atoms with E-state index in [1.54, 1.807) is 12.1 Å². The zero-order valence-electron chi connectivity index (χ0n) is 9.89. The largest absolute Gasteiger partial charge is 0.320 e. The van der Waals surface area contributed by atoms with E-state index in [0.717, 1.165) is 0 Å². The molecule has 1 heterocycles.